The van der Waals surface area contributed by atoms with E-state index in [2.05, 4.69) is 30.9 Å². The Balaban J connectivity index is 1.47. The zero-order chi connectivity index (χ0) is 21.5. The first-order valence-electron chi connectivity index (χ1n) is 10.2. The molecule has 6 nitrogen and oxygen atoms in total. The van der Waals surface area contributed by atoms with E-state index in [0.717, 1.165) is 43.1 Å². The highest BCUT2D eigenvalue weighted by molar-refractivity contribution is 7.89. The molecule has 1 aliphatic heterocycles. The Morgan fingerprint density at radius 1 is 1.13 bits per heavy atom. The average Bonchev–Trinajstić information content (AvgIpc) is 3.30. The van der Waals surface area contributed by atoms with E-state index in [0.29, 0.717) is 6.42 Å². The van der Waals surface area contributed by atoms with Crippen molar-refractivity contribution in [3.8, 4) is 0 Å². The fourth-order valence-corrected chi connectivity index (χ4v) is 5.24. The number of nitrogens with zero attached hydrogens (tertiary/aromatic N) is 1. The summed E-state index contributed by atoms with van der Waals surface area (Å²) in [5.41, 5.74) is 2.98. The minimum atomic E-state index is -3.72. The molecule has 1 saturated carbocycles. The molecule has 1 saturated heterocycles. The number of rotatable bonds is 6. The van der Waals surface area contributed by atoms with Crippen molar-refractivity contribution in [2.24, 2.45) is 16.5 Å². The number of ketones is 1. The molecule has 2 N–H and O–H groups in total. The van der Waals surface area contributed by atoms with E-state index in [1.165, 1.54) is 12.1 Å². The third kappa shape index (κ3) is 4.15. The van der Waals surface area contributed by atoms with Gasteiger partial charge in [0.15, 0.2) is 0 Å². The van der Waals surface area contributed by atoms with E-state index in [-0.39, 0.29) is 27.9 Å². The summed E-state index contributed by atoms with van der Waals surface area (Å²) in [5, 5.41) is 5.19. The molecular weight excluding hydrogens is 400 g/mol. The van der Waals surface area contributed by atoms with Crippen LogP contribution in [0.15, 0.2) is 53.4 Å². The topological polar surface area (TPSA) is 89.7 Å². The number of hydrogen-bond acceptors (Lipinski definition) is 5. The van der Waals surface area contributed by atoms with Gasteiger partial charge < -0.3 is 9.64 Å². The molecule has 2 fully saturated rings. The molecule has 4 rings (SSSR count). The van der Waals surface area contributed by atoms with E-state index in [1.54, 1.807) is 12.1 Å². The van der Waals surface area contributed by atoms with Gasteiger partial charge in [-0.05, 0) is 46.7 Å². The number of primary sulfonamides is 1. The molecule has 2 aromatic rings. The van der Waals surface area contributed by atoms with E-state index in [4.69, 9.17) is 9.88 Å². The lowest BCUT2D eigenvalue weighted by Crippen LogP contribution is -2.36. The van der Waals surface area contributed by atoms with E-state index in [1.807, 2.05) is 12.1 Å². The predicted octanol–water partition coefficient (Wildman–Crippen LogP) is 2.72. The van der Waals surface area contributed by atoms with Gasteiger partial charge >= 0.3 is 0 Å². The summed E-state index contributed by atoms with van der Waals surface area (Å²) in [4.78, 5) is 15.5. The number of carbonyl (C=O) groups excluding carboxylic acids is 1. The molecule has 0 amide bonds. The molecule has 1 heterocycles. The Morgan fingerprint density at radius 3 is 2.43 bits per heavy atom. The van der Waals surface area contributed by atoms with Crippen LogP contribution in [-0.2, 0) is 26.0 Å². The van der Waals surface area contributed by atoms with Gasteiger partial charge in [-0.3, -0.25) is 4.79 Å². The van der Waals surface area contributed by atoms with Crippen LogP contribution in [0.1, 0.15) is 30.9 Å². The van der Waals surface area contributed by atoms with Crippen molar-refractivity contribution in [2.75, 3.05) is 31.2 Å². The lowest BCUT2D eigenvalue weighted by molar-refractivity contribution is -0.120. The number of carbonyl (C=O) groups is 1. The van der Waals surface area contributed by atoms with Crippen molar-refractivity contribution >= 4 is 21.5 Å². The number of ether oxygens (including phenoxy) is 1. The smallest absolute Gasteiger partial charge is 0.238 e. The summed E-state index contributed by atoms with van der Waals surface area (Å²) in [6.07, 6.45) is 0.401. The minimum Gasteiger partial charge on any atom is -0.378 e. The van der Waals surface area contributed by atoms with E-state index < -0.39 is 10.0 Å². The van der Waals surface area contributed by atoms with Gasteiger partial charge in [-0.25, -0.2) is 13.6 Å². The number of anilines is 1. The number of benzene rings is 2. The number of hydrogen-bond donors (Lipinski definition) is 1. The third-order valence-corrected chi connectivity index (χ3v) is 7.34. The fourth-order valence-electron chi connectivity index (χ4n) is 4.72. The van der Waals surface area contributed by atoms with Gasteiger partial charge in [-0.15, -0.1) is 0 Å². The molecule has 2 atom stereocenters. The third-order valence-electron chi connectivity index (χ3n) is 6.41. The zero-order valence-corrected chi connectivity index (χ0v) is 18.2. The molecule has 2 aliphatic rings. The van der Waals surface area contributed by atoms with Crippen LogP contribution in [0.25, 0.3) is 0 Å². The maximum absolute atomic E-state index is 13.1. The number of Topliss-reactive ketones (excluding diaryl/α,β-unsaturated/α-hetero) is 1. The lowest BCUT2D eigenvalue weighted by atomic mass is 10.0. The van der Waals surface area contributed by atoms with E-state index >= 15 is 0 Å². The van der Waals surface area contributed by atoms with E-state index in [9.17, 15) is 13.2 Å². The van der Waals surface area contributed by atoms with Crippen LogP contribution in [0.5, 0.6) is 0 Å². The second kappa shape index (κ2) is 7.80. The Hall–Kier alpha value is -2.22. The van der Waals surface area contributed by atoms with Crippen molar-refractivity contribution < 1.29 is 17.9 Å². The molecule has 160 valence electrons. The SMILES string of the molecule is CC1(C)[C@H](C(=O)Cc2cccc(N3CCOCC3)c2)[C@H]1c1ccc(S(N)(=O)=O)cc1. The van der Waals surface area contributed by atoms with Crippen LogP contribution in [0.3, 0.4) is 0 Å². The quantitative estimate of drug-likeness (QED) is 0.764. The Kier molecular flexibility index (Phi) is 5.46. The average molecular weight is 429 g/mol. The molecule has 0 unspecified atom stereocenters. The van der Waals surface area contributed by atoms with Crippen LogP contribution >= 0.6 is 0 Å². The number of sulfonamides is 1. The monoisotopic (exact) mass is 428 g/mol. The lowest BCUT2D eigenvalue weighted by Gasteiger charge is -2.29. The van der Waals surface area contributed by atoms with Crippen LogP contribution < -0.4 is 10.0 Å². The van der Waals surface area contributed by atoms with Gasteiger partial charge in [0.05, 0.1) is 18.1 Å². The van der Waals surface area contributed by atoms with Gasteiger partial charge in [-0.2, -0.15) is 0 Å². The molecule has 7 heteroatoms. The number of morpholine rings is 1. The predicted molar refractivity (Wildman–Crippen MR) is 116 cm³/mol. The zero-order valence-electron chi connectivity index (χ0n) is 17.4. The van der Waals surface area contributed by atoms with Crippen LogP contribution in [0.2, 0.25) is 0 Å². The second-order valence-corrected chi connectivity index (χ2v) is 10.4. The Labute approximate surface area is 178 Å². The fraction of sp³-hybridized carbons (Fsp3) is 0.435. The first-order valence-corrected chi connectivity index (χ1v) is 11.8. The maximum Gasteiger partial charge on any atom is 0.238 e. The van der Waals surface area contributed by atoms with Gasteiger partial charge in [0.1, 0.15) is 5.78 Å². The highest BCUT2D eigenvalue weighted by Gasteiger charge is 2.61. The first kappa shape index (κ1) is 21.0. The van der Waals surface area contributed by atoms with Crippen molar-refractivity contribution in [3.63, 3.8) is 0 Å². The summed E-state index contributed by atoms with van der Waals surface area (Å²) < 4.78 is 28.4. The molecule has 2 aromatic carbocycles. The summed E-state index contributed by atoms with van der Waals surface area (Å²) in [7, 11) is -3.72. The highest BCUT2D eigenvalue weighted by atomic mass is 32.2. The Bertz CT molecular complexity index is 1040. The van der Waals surface area contributed by atoms with Crippen LogP contribution in [-0.4, -0.2) is 40.5 Å². The maximum atomic E-state index is 13.1. The molecule has 0 aromatic heterocycles. The summed E-state index contributed by atoms with van der Waals surface area (Å²) in [6.45, 7) is 7.37. The van der Waals surface area contributed by atoms with Crippen molar-refractivity contribution in [1.82, 2.24) is 0 Å². The molecular formula is C23H28N2O4S. The second-order valence-electron chi connectivity index (χ2n) is 8.80. The number of nitrogens with two attached hydrogens (primary N) is 1. The van der Waals surface area contributed by atoms with Crippen molar-refractivity contribution in [3.05, 3.63) is 59.7 Å². The van der Waals surface area contributed by atoms with Crippen LogP contribution in [0, 0.1) is 11.3 Å². The Morgan fingerprint density at radius 2 is 1.80 bits per heavy atom. The van der Waals surface area contributed by atoms with Gasteiger partial charge in [0.25, 0.3) is 0 Å². The summed E-state index contributed by atoms with van der Waals surface area (Å²) >= 11 is 0. The minimum absolute atomic E-state index is 0.0788. The first-order chi connectivity index (χ1) is 14.2. The van der Waals surface area contributed by atoms with Crippen molar-refractivity contribution in [1.29, 1.82) is 0 Å². The van der Waals surface area contributed by atoms with Crippen molar-refractivity contribution in [2.45, 2.75) is 31.1 Å². The molecule has 30 heavy (non-hydrogen) atoms. The summed E-state index contributed by atoms with van der Waals surface area (Å²) in [6, 6.07) is 14.8. The molecule has 1 aliphatic carbocycles. The standard InChI is InChI=1S/C23H28N2O4S/c1-23(2)21(17-6-8-19(9-7-17)30(24,27)28)22(23)20(26)15-16-4-3-5-18(14-16)25-10-12-29-13-11-25/h3-9,14,21-22H,10-13,15H2,1-2H3,(H2,24,27,28)/t21-,22-/m1/s1. The normalized spacial score (nSPS) is 23.2. The largest absolute Gasteiger partial charge is 0.378 e. The molecule has 0 bridgehead atoms. The van der Waals surface area contributed by atoms with Crippen LogP contribution in [0.4, 0.5) is 5.69 Å². The molecule has 0 spiro atoms. The summed E-state index contributed by atoms with van der Waals surface area (Å²) in [5.74, 6) is 0.228. The van der Waals surface area contributed by atoms with Gasteiger partial charge in [0, 0.05) is 31.1 Å². The van der Waals surface area contributed by atoms with Gasteiger partial charge in [0.2, 0.25) is 10.0 Å². The van der Waals surface area contributed by atoms with Gasteiger partial charge in [-0.1, -0.05) is 38.1 Å². The molecule has 0 radical (unpaired) electrons. The highest BCUT2D eigenvalue weighted by Crippen LogP contribution is 2.65.